The predicted molar refractivity (Wildman–Crippen MR) is 42.8 cm³/mol. The number of aromatic amines is 1. The molecule has 2 aliphatic rings. The van der Waals surface area contributed by atoms with E-state index >= 15 is 0 Å². The number of aromatic nitrogens is 1. The van der Waals surface area contributed by atoms with E-state index in [-0.39, 0.29) is 0 Å². The van der Waals surface area contributed by atoms with Crippen LogP contribution in [0.3, 0.4) is 0 Å². The third-order valence-electron chi connectivity index (χ3n) is 1.72. The summed E-state index contributed by atoms with van der Waals surface area (Å²) in [5.74, 6) is 0. The zero-order valence-corrected chi connectivity index (χ0v) is 5.83. The van der Waals surface area contributed by atoms with Gasteiger partial charge >= 0.3 is 0 Å². The molecule has 11 heavy (non-hydrogen) atoms. The SMILES string of the molecule is ONc1ccc2[nH]cccc1-2. The van der Waals surface area contributed by atoms with Crippen molar-refractivity contribution in [3.8, 4) is 11.3 Å². The zero-order valence-electron chi connectivity index (χ0n) is 5.83. The minimum Gasteiger partial charge on any atom is -0.361 e. The van der Waals surface area contributed by atoms with Crippen LogP contribution in [0.2, 0.25) is 0 Å². The molecular weight excluding hydrogens is 140 g/mol. The monoisotopic (exact) mass is 148 g/mol. The molecule has 3 N–H and O–H groups in total. The molecule has 0 spiro atoms. The van der Waals surface area contributed by atoms with Crippen molar-refractivity contribution in [2.24, 2.45) is 0 Å². The average Bonchev–Trinajstić information content (AvgIpc) is 2.47. The van der Waals surface area contributed by atoms with Gasteiger partial charge in [-0.15, -0.1) is 0 Å². The first-order valence-electron chi connectivity index (χ1n) is 3.38. The Hall–Kier alpha value is -1.48. The number of anilines is 1. The summed E-state index contributed by atoms with van der Waals surface area (Å²) in [5.41, 5.74) is 4.88. The number of nitrogens with one attached hydrogen (secondary N) is 2. The Bertz CT molecular complexity index is 329. The molecule has 0 radical (unpaired) electrons. The van der Waals surface area contributed by atoms with Crippen molar-refractivity contribution >= 4 is 5.69 Å². The van der Waals surface area contributed by atoms with Gasteiger partial charge in [-0.25, -0.2) is 0 Å². The quantitative estimate of drug-likeness (QED) is 0.541. The first-order chi connectivity index (χ1) is 5.42. The Labute approximate surface area is 64.0 Å². The highest BCUT2D eigenvalue weighted by Crippen LogP contribution is 2.28. The molecule has 1 heterocycles. The maximum absolute atomic E-state index is 8.66. The third kappa shape index (κ3) is 0.860. The number of H-pyrrole nitrogens is 1. The van der Waals surface area contributed by atoms with Gasteiger partial charge in [0.15, 0.2) is 0 Å². The van der Waals surface area contributed by atoms with Crippen molar-refractivity contribution in [3.63, 3.8) is 0 Å². The highest BCUT2D eigenvalue weighted by atomic mass is 16.5. The maximum atomic E-state index is 8.66. The van der Waals surface area contributed by atoms with Gasteiger partial charge in [0.25, 0.3) is 0 Å². The van der Waals surface area contributed by atoms with E-state index in [1.54, 1.807) is 0 Å². The van der Waals surface area contributed by atoms with Crippen LogP contribution in [0.4, 0.5) is 5.69 Å². The second-order valence-corrected chi connectivity index (χ2v) is 2.36. The molecule has 0 unspecified atom stereocenters. The fourth-order valence-electron chi connectivity index (χ4n) is 1.18. The number of hydrogen-bond acceptors (Lipinski definition) is 2. The molecule has 0 saturated heterocycles. The minimum atomic E-state index is 0.733. The van der Waals surface area contributed by atoms with Crippen LogP contribution in [0.25, 0.3) is 11.3 Å². The summed E-state index contributed by atoms with van der Waals surface area (Å²) in [7, 11) is 0. The van der Waals surface area contributed by atoms with Gasteiger partial charge < -0.3 is 4.98 Å². The average molecular weight is 148 g/mol. The van der Waals surface area contributed by atoms with Crippen molar-refractivity contribution in [1.82, 2.24) is 4.98 Å². The lowest BCUT2D eigenvalue weighted by atomic mass is 10.2. The normalized spacial score (nSPS) is 10.3. The molecule has 0 aromatic carbocycles. The smallest absolute Gasteiger partial charge is 0.0696 e. The molecule has 1 aliphatic carbocycles. The van der Waals surface area contributed by atoms with Crippen molar-refractivity contribution in [3.05, 3.63) is 30.5 Å². The Kier molecular flexibility index (Phi) is 1.30. The maximum Gasteiger partial charge on any atom is 0.0696 e. The van der Waals surface area contributed by atoms with E-state index in [0.717, 1.165) is 16.9 Å². The van der Waals surface area contributed by atoms with Gasteiger partial charge in [0, 0.05) is 17.5 Å². The Balaban J connectivity index is 2.64. The summed E-state index contributed by atoms with van der Waals surface area (Å²) in [6.45, 7) is 0. The summed E-state index contributed by atoms with van der Waals surface area (Å²) in [6.07, 6.45) is 1.85. The highest BCUT2D eigenvalue weighted by molar-refractivity contribution is 5.78. The van der Waals surface area contributed by atoms with Crippen LogP contribution in [-0.2, 0) is 0 Å². The molecule has 0 aromatic heterocycles. The van der Waals surface area contributed by atoms with E-state index in [0.29, 0.717) is 0 Å². The lowest BCUT2D eigenvalue weighted by Gasteiger charge is -2.00. The summed E-state index contributed by atoms with van der Waals surface area (Å²) < 4.78 is 0. The Morgan fingerprint density at radius 3 is 3.00 bits per heavy atom. The van der Waals surface area contributed by atoms with Gasteiger partial charge in [-0.3, -0.25) is 10.7 Å². The van der Waals surface area contributed by atoms with Crippen LogP contribution in [0.5, 0.6) is 0 Å². The molecule has 2 rings (SSSR count). The molecule has 0 fully saturated rings. The molecule has 0 bridgehead atoms. The van der Waals surface area contributed by atoms with E-state index in [2.05, 4.69) is 10.5 Å². The molecule has 3 heteroatoms. The Morgan fingerprint density at radius 2 is 2.18 bits per heavy atom. The lowest BCUT2D eigenvalue weighted by molar-refractivity contribution is 0.389. The van der Waals surface area contributed by atoms with E-state index in [4.69, 9.17) is 5.21 Å². The first kappa shape index (κ1) is 6.24. The molecule has 0 saturated carbocycles. The van der Waals surface area contributed by atoms with Gasteiger partial charge in [0.05, 0.1) is 5.69 Å². The highest BCUT2D eigenvalue weighted by Gasteiger charge is 2.06. The Morgan fingerprint density at radius 1 is 1.27 bits per heavy atom. The second kappa shape index (κ2) is 2.29. The minimum absolute atomic E-state index is 0.733. The van der Waals surface area contributed by atoms with Gasteiger partial charge in [0.1, 0.15) is 0 Å². The fraction of sp³-hybridized carbons (Fsp3) is 0. The van der Waals surface area contributed by atoms with Crippen molar-refractivity contribution in [2.45, 2.75) is 0 Å². The van der Waals surface area contributed by atoms with Crippen LogP contribution >= 0.6 is 0 Å². The van der Waals surface area contributed by atoms with Crippen molar-refractivity contribution in [1.29, 1.82) is 0 Å². The number of hydrogen-bond donors (Lipinski definition) is 3. The third-order valence-corrected chi connectivity index (χ3v) is 1.72. The summed E-state index contributed by atoms with van der Waals surface area (Å²) in [6, 6.07) is 7.56. The van der Waals surface area contributed by atoms with Crippen LogP contribution < -0.4 is 5.48 Å². The van der Waals surface area contributed by atoms with E-state index in [1.807, 2.05) is 30.5 Å². The van der Waals surface area contributed by atoms with E-state index < -0.39 is 0 Å². The molecule has 0 atom stereocenters. The molecular formula is C8H8N2O. The van der Waals surface area contributed by atoms with Crippen LogP contribution in [-0.4, -0.2) is 10.2 Å². The molecule has 3 nitrogen and oxygen atoms in total. The standard InChI is InChI=1S/C8H8N2O/c11-10-8-4-3-7-6(8)2-1-5-9-7/h1-5,9-11H. The first-order valence-corrected chi connectivity index (χ1v) is 3.38. The number of fused-ring (bicyclic) bond motifs is 1. The summed E-state index contributed by atoms with van der Waals surface area (Å²) in [4.78, 5) is 3.05. The lowest BCUT2D eigenvalue weighted by Crippen LogP contribution is -1.88. The number of pyridine rings is 1. The predicted octanol–water partition coefficient (Wildman–Crippen LogP) is 1.92. The summed E-state index contributed by atoms with van der Waals surface area (Å²) in [5, 5.41) is 8.66. The van der Waals surface area contributed by atoms with Crippen molar-refractivity contribution in [2.75, 3.05) is 5.48 Å². The second-order valence-electron chi connectivity index (χ2n) is 2.36. The molecule has 1 aliphatic heterocycles. The number of rotatable bonds is 1. The van der Waals surface area contributed by atoms with Gasteiger partial charge in [-0.05, 0) is 24.3 Å². The zero-order chi connectivity index (χ0) is 7.68. The van der Waals surface area contributed by atoms with E-state index in [1.165, 1.54) is 0 Å². The fourth-order valence-corrected chi connectivity index (χ4v) is 1.18. The van der Waals surface area contributed by atoms with E-state index in [9.17, 15) is 0 Å². The molecule has 56 valence electrons. The van der Waals surface area contributed by atoms with Crippen LogP contribution in [0.1, 0.15) is 0 Å². The van der Waals surface area contributed by atoms with Crippen molar-refractivity contribution < 1.29 is 5.21 Å². The largest absolute Gasteiger partial charge is 0.361 e. The molecule has 0 aromatic rings. The molecule has 0 amide bonds. The van der Waals surface area contributed by atoms with Crippen LogP contribution in [0.15, 0.2) is 30.5 Å². The van der Waals surface area contributed by atoms with Gasteiger partial charge in [-0.1, -0.05) is 0 Å². The topological polar surface area (TPSA) is 48.0 Å². The van der Waals surface area contributed by atoms with Gasteiger partial charge in [-0.2, -0.15) is 0 Å². The van der Waals surface area contributed by atoms with Crippen LogP contribution in [0, 0.1) is 0 Å². The van der Waals surface area contributed by atoms with Gasteiger partial charge in [0.2, 0.25) is 0 Å². The summed E-state index contributed by atoms with van der Waals surface area (Å²) >= 11 is 0.